The summed E-state index contributed by atoms with van der Waals surface area (Å²) in [6.45, 7) is 6.59. The minimum Gasteiger partial charge on any atom is -0.383 e. The van der Waals surface area contributed by atoms with E-state index in [1.165, 1.54) is 0 Å². The molecule has 0 saturated heterocycles. The second-order valence-corrected chi connectivity index (χ2v) is 4.65. The smallest absolute Gasteiger partial charge is 0.143 e. The largest absolute Gasteiger partial charge is 0.383 e. The molecule has 6 nitrogen and oxygen atoms in total. The Kier molecular flexibility index (Phi) is 2.26. The van der Waals surface area contributed by atoms with Gasteiger partial charge in [0.25, 0.3) is 0 Å². The number of imidazole rings is 1. The van der Waals surface area contributed by atoms with Gasteiger partial charge in [0.2, 0.25) is 0 Å². The molecule has 0 aromatic carbocycles. The molecule has 6 heteroatoms. The Hall–Kier alpha value is -2.11. The zero-order chi connectivity index (χ0) is 12.9. The Morgan fingerprint density at radius 1 is 1.44 bits per heavy atom. The van der Waals surface area contributed by atoms with Crippen LogP contribution in [-0.4, -0.2) is 27.6 Å². The quantitative estimate of drug-likeness (QED) is 0.829. The fourth-order valence-electron chi connectivity index (χ4n) is 2.31. The Morgan fingerprint density at radius 2 is 2.22 bits per heavy atom. The van der Waals surface area contributed by atoms with Crippen molar-refractivity contribution in [1.82, 2.24) is 14.7 Å². The average molecular weight is 245 g/mol. The molecule has 0 spiro atoms. The minimum absolute atomic E-state index is 0.270. The summed E-state index contributed by atoms with van der Waals surface area (Å²) < 4.78 is 7.02. The van der Waals surface area contributed by atoms with Crippen molar-refractivity contribution in [3.8, 4) is 11.3 Å². The number of anilines is 1. The summed E-state index contributed by atoms with van der Waals surface area (Å²) in [4.78, 5) is 8.92. The maximum atomic E-state index is 6.16. The molecule has 0 bridgehead atoms. The highest BCUT2D eigenvalue weighted by atomic mass is 16.5. The molecule has 0 saturated carbocycles. The fraction of sp³-hybridized carbons (Fsp3) is 0.417. The second kappa shape index (κ2) is 3.69. The van der Waals surface area contributed by atoms with Crippen molar-refractivity contribution < 1.29 is 4.52 Å². The van der Waals surface area contributed by atoms with E-state index in [0.29, 0.717) is 5.82 Å². The predicted octanol–water partition coefficient (Wildman–Crippen LogP) is 1.73. The van der Waals surface area contributed by atoms with Crippen LogP contribution in [0.25, 0.3) is 11.3 Å². The SMILES string of the molecule is Cc1noc(C)c1-c1nc2n(c1N)C=NCC2C. The third-order valence-electron chi connectivity index (χ3n) is 3.26. The third-order valence-corrected chi connectivity index (χ3v) is 3.26. The third kappa shape index (κ3) is 1.38. The van der Waals surface area contributed by atoms with Gasteiger partial charge in [-0.05, 0) is 13.8 Å². The lowest BCUT2D eigenvalue weighted by atomic mass is 10.1. The monoisotopic (exact) mass is 245 g/mol. The lowest BCUT2D eigenvalue weighted by Crippen LogP contribution is -2.15. The lowest BCUT2D eigenvalue weighted by Gasteiger charge is -2.13. The van der Waals surface area contributed by atoms with E-state index in [2.05, 4.69) is 22.1 Å². The fourth-order valence-corrected chi connectivity index (χ4v) is 2.31. The van der Waals surface area contributed by atoms with Gasteiger partial charge < -0.3 is 10.3 Å². The standard InChI is InChI=1S/C12H15N5O/c1-6-4-14-5-17-11(13)10(15-12(6)17)9-7(2)16-18-8(9)3/h5-6H,4,13H2,1-3H3. The van der Waals surface area contributed by atoms with Crippen LogP contribution in [0.15, 0.2) is 9.52 Å². The van der Waals surface area contributed by atoms with E-state index in [1.807, 2.05) is 18.4 Å². The van der Waals surface area contributed by atoms with Crippen LogP contribution in [-0.2, 0) is 0 Å². The minimum atomic E-state index is 0.270. The first-order chi connectivity index (χ1) is 8.59. The number of fused-ring (bicyclic) bond motifs is 1. The second-order valence-electron chi connectivity index (χ2n) is 4.65. The number of hydrogen-bond donors (Lipinski definition) is 1. The van der Waals surface area contributed by atoms with Gasteiger partial charge in [0.15, 0.2) is 0 Å². The molecule has 2 aromatic heterocycles. The Bertz CT molecular complexity index is 618. The van der Waals surface area contributed by atoms with E-state index in [0.717, 1.165) is 35.1 Å². The molecule has 1 aliphatic heterocycles. The number of rotatable bonds is 1. The molecule has 3 rings (SSSR count). The van der Waals surface area contributed by atoms with Gasteiger partial charge in [-0.15, -0.1) is 0 Å². The Morgan fingerprint density at radius 3 is 2.83 bits per heavy atom. The van der Waals surface area contributed by atoms with Crippen molar-refractivity contribution in [1.29, 1.82) is 0 Å². The first kappa shape index (κ1) is 11.0. The maximum Gasteiger partial charge on any atom is 0.143 e. The summed E-state index contributed by atoms with van der Waals surface area (Å²) >= 11 is 0. The van der Waals surface area contributed by atoms with E-state index in [-0.39, 0.29) is 5.92 Å². The summed E-state index contributed by atoms with van der Waals surface area (Å²) in [5, 5.41) is 3.95. The molecule has 18 heavy (non-hydrogen) atoms. The summed E-state index contributed by atoms with van der Waals surface area (Å²) in [7, 11) is 0. The van der Waals surface area contributed by atoms with Crippen LogP contribution in [0, 0.1) is 13.8 Å². The predicted molar refractivity (Wildman–Crippen MR) is 68.8 cm³/mol. The average Bonchev–Trinajstić information content (AvgIpc) is 2.83. The molecule has 2 N–H and O–H groups in total. The molecule has 1 atom stereocenters. The van der Waals surface area contributed by atoms with E-state index in [1.54, 1.807) is 6.34 Å². The van der Waals surface area contributed by atoms with Crippen LogP contribution in [0.5, 0.6) is 0 Å². The van der Waals surface area contributed by atoms with Gasteiger partial charge in [0.05, 0.1) is 24.1 Å². The zero-order valence-corrected chi connectivity index (χ0v) is 10.6. The van der Waals surface area contributed by atoms with Gasteiger partial charge in [-0.2, -0.15) is 0 Å². The summed E-state index contributed by atoms with van der Waals surface area (Å²) in [5.74, 6) is 2.54. The molecule has 0 amide bonds. The number of aryl methyl sites for hydroxylation is 2. The highest BCUT2D eigenvalue weighted by Gasteiger charge is 2.25. The van der Waals surface area contributed by atoms with Crippen molar-refractivity contribution in [2.75, 3.05) is 12.3 Å². The van der Waals surface area contributed by atoms with Crippen LogP contribution in [0.1, 0.15) is 30.1 Å². The molecule has 3 heterocycles. The van der Waals surface area contributed by atoms with Crippen LogP contribution < -0.4 is 5.73 Å². The zero-order valence-electron chi connectivity index (χ0n) is 10.6. The van der Waals surface area contributed by atoms with Crippen LogP contribution in [0.3, 0.4) is 0 Å². The Labute approximate surface area is 105 Å². The highest BCUT2D eigenvalue weighted by Crippen LogP contribution is 2.33. The normalized spacial score (nSPS) is 18.1. The first-order valence-electron chi connectivity index (χ1n) is 5.90. The molecule has 1 aliphatic rings. The van der Waals surface area contributed by atoms with Gasteiger partial charge in [-0.25, -0.2) is 4.98 Å². The molecule has 94 valence electrons. The highest BCUT2D eigenvalue weighted by molar-refractivity contribution is 5.80. The van der Waals surface area contributed by atoms with Crippen LogP contribution in [0.4, 0.5) is 5.82 Å². The van der Waals surface area contributed by atoms with Gasteiger partial charge in [0, 0.05) is 5.92 Å². The number of nitrogens with zero attached hydrogens (tertiary/aromatic N) is 4. The van der Waals surface area contributed by atoms with Crippen LogP contribution in [0.2, 0.25) is 0 Å². The van der Waals surface area contributed by atoms with Crippen molar-refractivity contribution in [3.63, 3.8) is 0 Å². The topological polar surface area (TPSA) is 82.2 Å². The summed E-state index contributed by atoms with van der Waals surface area (Å²) in [6.07, 6.45) is 1.74. The molecule has 1 unspecified atom stereocenters. The Balaban J connectivity index is 2.24. The number of hydrogen-bond acceptors (Lipinski definition) is 5. The molecule has 2 aromatic rings. The molecule has 0 aliphatic carbocycles. The summed E-state index contributed by atoms with van der Waals surface area (Å²) in [6, 6.07) is 0. The summed E-state index contributed by atoms with van der Waals surface area (Å²) in [5.41, 5.74) is 8.58. The van der Waals surface area contributed by atoms with Crippen molar-refractivity contribution in [3.05, 3.63) is 17.3 Å². The molecule has 0 radical (unpaired) electrons. The van der Waals surface area contributed by atoms with E-state index < -0.39 is 0 Å². The van der Waals surface area contributed by atoms with Crippen molar-refractivity contribution in [2.24, 2.45) is 4.99 Å². The maximum absolute atomic E-state index is 6.16. The molecular formula is C12H15N5O. The van der Waals surface area contributed by atoms with Gasteiger partial charge in [-0.3, -0.25) is 9.56 Å². The van der Waals surface area contributed by atoms with Crippen molar-refractivity contribution in [2.45, 2.75) is 26.7 Å². The van der Waals surface area contributed by atoms with E-state index in [9.17, 15) is 0 Å². The van der Waals surface area contributed by atoms with Crippen molar-refractivity contribution >= 4 is 12.2 Å². The number of aliphatic imine (C=N–C) groups is 1. The number of aromatic nitrogens is 3. The molecule has 0 fully saturated rings. The molecular weight excluding hydrogens is 230 g/mol. The lowest BCUT2D eigenvalue weighted by molar-refractivity contribution is 0.393. The van der Waals surface area contributed by atoms with Gasteiger partial charge in [0.1, 0.15) is 23.1 Å². The van der Waals surface area contributed by atoms with Gasteiger partial charge in [-0.1, -0.05) is 12.1 Å². The van der Waals surface area contributed by atoms with E-state index in [4.69, 9.17) is 10.3 Å². The number of nitrogens with two attached hydrogens (primary N) is 1. The van der Waals surface area contributed by atoms with E-state index >= 15 is 0 Å². The first-order valence-corrected chi connectivity index (χ1v) is 5.90. The van der Waals surface area contributed by atoms with Gasteiger partial charge >= 0.3 is 0 Å². The van der Waals surface area contributed by atoms with Crippen LogP contribution >= 0.6 is 0 Å². The number of nitrogen functional groups attached to an aromatic ring is 1.